The number of thiocarbonyl (C=S) groups is 1. The minimum atomic E-state index is -0.304. The van der Waals surface area contributed by atoms with Crippen molar-refractivity contribution < 1.29 is 9.59 Å². The van der Waals surface area contributed by atoms with Crippen LogP contribution < -0.4 is 16.0 Å². The third-order valence-corrected chi connectivity index (χ3v) is 5.54. The number of carbonyl (C=O) groups excluding carboxylic acids is 2. The van der Waals surface area contributed by atoms with E-state index in [2.05, 4.69) is 20.9 Å². The number of Topliss-reactive ketones (excluding diaryl/α,β-unsaturated/α-hetero) is 1. The average molecular weight is 451 g/mol. The van der Waals surface area contributed by atoms with E-state index in [-0.39, 0.29) is 16.9 Å². The lowest BCUT2D eigenvalue weighted by molar-refractivity contribution is -0.115. The SMILES string of the molecule is CC(=O)c1ccc(NC(=S)Nc2cccc(SC(C)C(=O)Nc3ccccn3)c2)cc1. The number of benzene rings is 2. The standard InChI is InChI=1S/C23H22N4O2S2/c1-15(28)17-9-11-18(12-10-17)25-23(30)26-19-6-5-7-20(14-19)31-16(2)22(29)27-21-8-3-4-13-24-21/h3-14,16H,1-2H3,(H,24,27,29)(H2,25,26,30). The second-order valence-electron chi connectivity index (χ2n) is 6.70. The zero-order chi connectivity index (χ0) is 22.2. The highest BCUT2D eigenvalue weighted by atomic mass is 32.2. The first-order valence-electron chi connectivity index (χ1n) is 9.58. The molecule has 1 heterocycles. The van der Waals surface area contributed by atoms with Crippen molar-refractivity contribution in [2.75, 3.05) is 16.0 Å². The molecule has 6 nitrogen and oxygen atoms in total. The first kappa shape index (κ1) is 22.5. The van der Waals surface area contributed by atoms with Crippen molar-refractivity contribution in [3.05, 3.63) is 78.5 Å². The number of hydrogen-bond donors (Lipinski definition) is 3. The van der Waals surface area contributed by atoms with Crippen LogP contribution in [0.5, 0.6) is 0 Å². The molecule has 2 aromatic carbocycles. The van der Waals surface area contributed by atoms with Crippen molar-refractivity contribution in [1.29, 1.82) is 0 Å². The summed E-state index contributed by atoms with van der Waals surface area (Å²) in [6.07, 6.45) is 1.64. The molecule has 31 heavy (non-hydrogen) atoms. The maximum absolute atomic E-state index is 12.4. The van der Waals surface area contributed by atoms with Crippen LogP contribution >= 0.6 is 24.0 Å². The van der Waals surface area contributed by atoms with Gasteiger partial charge in [-0.05, 0) is 80.7 Å². The van der Waals surface area contributed by atoms with Crippen LogP contribution in [0.1, 0.15) is 24.2 Å². The third kappa shape index (κ3) is 6.91. The fourth-order valence-corrected chi connectivity index (χ4v) is 3.81. The second-order valence-corrected chi connectivity index (χ2v) is 8.53. The Balaban J connectivity index is 1.56. The minimum Gasteiger partial charge on any atom is -0.332 e. The number of pyridine rings is 1. The molecule has 0 aliphatic rings. The Hall–Kier alpha value is -3.23. The van der Waals surface area contributed by atoms with Crippen molar-refractivity contribution in [1.82, 2.24) is 4.98 Å². The number of nitrogens with one attached hydrogen (secondary N) is 3. The molecule has 0 bridgehead atoms. The maximum Gasteiger partial charge on any atom is 0.238 e. The van der Waals surface area contributed by atoms with Crippen LogP contribution in [0.15, 0.2) is 77.8 Å². The molecular weight excluding hydrogens is 428 g/mol. The lowest BCUT2D eigenvalue weighted by atomic mass is 10.1. The summed E-state index contributed by atoms with van der Waals surface area (Å²) in [7, 11) is 0. The van der Waals surface area contributed by atoms with Crippen LogP contribution in [0, 0.1) is 0 Å². The van der Waals surface area contributed by atoms with E-state index in [0.29, 0.717) is 16.5 Å². The monoisotopic (exact) mass is 450 g/mol. The number of thioether (sulfide) groups is 1. The van der Waals surface area contributed by atoms with Gasteiger partial charge in [0.25, 0.3) is 0 Å². The van der Waals surface area contributed by atoms with Crippen LogP contribution in [0.4, 0.5) is 17.2 Å². The highest BCUT2D eigenvalue weighted by Crippen LogP contribution is 2.26. The molecular formula is C23H22N4O2S2. The zero-order valence-electron chi connectivity index (χ0n) is 17.1. The Morgan fingerprint density at radius 3 is 2.35 bits per heavy atom. The number of rotatable bonds is 7. The predicted molar refractivity (Wildman–Crippen MR) is 131 cm³/mol. The summed E-state index contributed by atoms with van der Waals surface area (Å²) < 4.78 is 0. The molecule has 3 rings (SSSR count). The van der Waals surface area contributed by atoms with Crippen LogP contribution in [0.3, 0.4) is 0 Å². The van der Waals surface area contributed by atoms with E-state index in [1.165, 1.54) is 18.7 Å². The van der Waals surface area contributed by atoms with Gasteiger partial charge >= 0.3 is 0 Å². The van der Waals surface area contributed by atoms with Crippen LogP contribution in [0.25, 0.3) is 0 Å². The predicted octanol–water partition coefficient (Wildman–Crippen LogP) is 5.21. The molecule has 0 saturated carbocycles. The van der Waals surface area contributed by atoms with Gasteiger partial charge in [0.2, 0.25) is 5.91 Å². The van der Waals surface area contributed by atoms with Crippen molar-refractivity contribution in [2.24, 2.45) is 0 Å². The average Bonchev–Trinajstić information content (AvgIpc) is 2.75. The van der Waals surface area contributed by atoms with E-state index < -0.39 is 0 Å². The summed E-state index contributed by atoms with van der Waals surface area (Å²) in [5.41, 5.74) is 2.24. The van der Waals surface area contributed by atoms with Crippen LogP contribution in [-0.4, -0.2) is 27.0 Å². The number of carbonyl (C=O) groups is 2. The molecule has 1 aromatic heterocycles. The summed E-state index contributed by atoms with van der Waals surface area (Å²) >= 11 is 6.83. The summed E-state index contributed by atoms with van der Waals surface area (Å²) in [5.74, 6) is 0.431. The smallest absolute Gasteiger partial charge is 0.238 e. The van der Waals surface area contributed by atoms with Crippen LogP contribution in [0.2, 0.25) is 0 Å². The topological polar surface area (TPSA) is 83.1 Å². The maximum atomic E-state index is 12.4. The largest absolute Gasteiger partial charge is 0.332 e. The molecule has 3 N–H and O–H groups in total. The van der Waals surface area contributed by atoms with E-state index >= 15 is 0 Å². The van der Waals surface area contributed by atoms with Gasteiger partial charge in [0.15, 0.2) is 10.9 Å². The van der Waals surface area contributed by atoms with Gasteiger partial charge in [-0.2, -0.15) is 0 Å². The van der Waals surface area contributed by atoms with Crippen molar-refractivity contribution in [3.8, 4) is 0 Å². The highest BCUT2D eigenvalue weighted by molar-refractivity contribution is 8.00. The number of hydrogen-bond acceptors (Lipinski definition) is 5. The van der Waals surface area contributed by atoms with Crippen LogP contribution in [-0.2, 0) is 4.79 Å². The first-order chi connectivity index (χ1) is 14.9. The molecule has 0 saturated heterocycles. The molecule has 3 aromatic rings. The molecule has 0 spiro atoms. The Kier molecular flexibility index (Phi) is 7.75. The summed E-state index contributed by atoms with van der Waals surface area (Å²) in [4.78, 5) is 28.8. The van der Waals surface area contributed by atoms with Crippen molar-refractivity contribution >= 4 is 58.0 Å². The van der Waals surface area contributed by atoms with Gasteiger partial charge in [0.05, 0.1) is 5.25 Å². The molecule has 1 amide bonds. The zero-order valence-corrected chi connectivity index (χ0v) is 18.7. The fraction of sp³-hybridized carbons (Fsp3) is 0.130. The van der Waals surface area contributed by atoms with E-state index in [1.54, 1.807) is 42.6 Å². The number of ketones is 1. The Bertz CT molecular complexity index is 1070. The Labute approximate surface area is 190 Å². The lowest BCUT2D eigenvalue weighted by Gasteiger charge is -2.14. The van der Waals surface area contributed by atoms with Gasteiger partial charge < -0.3 is 16.0 Å². The Morgan fingerprint density at radius 2 is 1.68 bits per heavy atom. The normalized spacial score (nSPS) is 11.3. The van der Waals surface area contributed by atoms with E-state index in [1.807, 2.05) is 37.3 Å². The second kappa shape index (κ2) is 10.7. The van der Waals surface area contributed by atoms with E-state index in [9.17, 15) is 9.59 Å². The van der Waals surface area contributed by atoms with Gasteiger partial charge in [-0.3, -0.25) is 9.59 Å². The molecule has 158 valence electrons. The van der Waals surface area contributed by atoms with Gasteiger partial charge in [-0.15, -0.1) is 11.8 Å². The molecule has 0 fully saturated rings. The van der Waals surface area contributed by atoms with Gasteiger partial charge in [-0.25, -0.2) is 4.98 Å². The quantitative estimate of drug-likeness (QED) is 0.259. The van der Waals surface area contributed by atoms with E-state index in [4.69, 9.17) is 12.2 Å². The number of anilines is 3. The number of nitrogens with zero attached hydrogens (tertiary/aromatic N) is 1. The number of aromatic nitrogens is 1. The lowest BCUT2D eigenvalue weighted by Crippen LogP contribution is -2.22. The number of amides is 1. The first-order valence-corrected chi connectivity index (χ1v) is 10.9. The van der Waals surface area contributed by atoms with Gasteiger partial charge in [0.1, 0.15) is 5.82 Å². The fourth-order valence-electron chi connectivity index (χ4n) is 2.65. The summed E-state index contributed by atoms with van der Waals surface area (Å²) in [6.45, 7) is 3.38. The third-order valence-electron chi connectivity index (χ3n) is 4.24. The molecule has 0 aliphatic heterocycles. The summed E-state index contributed by atoms with van der Waals surface area (Å²) in [6, 6.07) is 20.2. The minimum absolute atomic E-state index is 0.0181. The van der Waals surface area contributed by atoms with E-state index in [0.717, 1.165) is 16.3 Å². The summed E-state index contributed by atoms with van der Waals surface area (Å²) in [5, 5.41) is 9.17. The van der Waals surface area contributed by atoms with Crippen molar-refractivity contribution in [3.63, 3.8) is 0 Å². The Morgan fingerprint density at radius 1 is 0.935 bits per heavy atom. The molecule has 8 heteroatoms. The van der Waals surface area contributed by atoms with Crippen molar-refractivity contribution in [2.45, 2.75) is 24.0 Å². The highest BCUT2D eigenvalue weighted by Gasteiger charge is 2.15. The van der Waals surface area contributed by atoms with Gasteiger partial charge in [0, 0.05) is 28.0 Å². The molecule has 0 radical (unpaired) electrons. The molecule has 0 aliphatic carbocycles. The molecule has 1 unspecified atom stereocenters. The van der Waals surface area contributed by atoms with Gasteiger partial charge in [-0.1, -0.05) is 12.1 Å². The molecule has 1 atom stereocenters.